The van der Waals surface area contributed by atoms with Crippen molar-refractivity contribution in [3.8, 4) is 0 Å². The first-order valence-corrected chi connectivity index (χ1v) is 4.97. The van der Waals surface area contributed by atoms with Crippen LogP contribution in [0, 0.1) is 0 Å². The molecule has 1 aromatic heterocycles. The summed E-state index contributed by atoms with van der Waals surface area (Å²) in [5.74, 6) is 0. The van der Waals surface area contributed by atoms with Crippen molar-refractivity contribution in [2.75, 3.05) is 0 Å². The molecule has 12 heavy (non-hydrogen) atoms. The van der Waals surface area contributed by atoms with Crippen LogP contribution in [0.4, 0.5) is 0 Å². The number of hydrogen-bond donors (Lipinski definition) is 0. The van der Waals surface area contributed by atoms with Crippen molar-refractivity contribution in [2.24, 2.45) is 0 Å². The van der Waals surface area contributed by atoms with Crippen molar-refractivity contribution in [1.29, 1.82) is 0 Å². The van der Waals surface area contributed by atoms with E-state index in [0.717, 1.165) is 11.0 Å². The molecular formula is C10H14BrN. The number of pyridine rings is 1. The SMILES string of the molecule is CCC(C)(C)c1ccnc(Br)c1. The second-order valence-electron chi connectivity index (χ2n) is 3.60. The van der Waals surface area contributed by atoms with Gasteiger partial charge in [0.1, 0.15) is 4.60 Å². The Morgan fingerprint density at radius 2 is 2.17 bits per heavy atom. The number of aromatic nitrogens is 1. The number of halogens is 1. The molecular weight excluding hydrogens is 214 g/mol. The highest BCUT2D eigenvalue weighted by Crippen LogP contribution is 2.27. The molecule has 1 rings (SSSR count). The summed E-state index contributed by atoms with van der Waals surface area (Å²) in [4.78, 5) is 4.10. The maximum Gasteiger partial charge on any atom is 0.106 e. The van der Waals surface area contributed by atoms with E-state index in [0.29, 0.717) is 0 Å². The van der Waals surface area contributed by atoms with E-state index >= 15 is 0 Å². The lowest BCUT2D eigenvalue weighted by molar-refractivity contribution is 0.505. The topological polar surface area (TPSA) is 12.9 Å². The molecule has 1 heterocycles. The van der Waals surface area contributed by atoms with Crippen molar-refractivity contribution in [3.05, 3.63) is 28.5 Å². The van der Waals surface area contributed by atoms with Crippen LogP contribution < -0.4 is 0 Å². The predicted octanol–water partition coefficient (Wildman–Crippen LogP) is 3.53. The number of hydrogen-bond acceptors (Lipinski definition) is 1. The van der Waals surface area contributed by atoms with Gasteiger partial charge in [-0.25, -0.2) is 4.98 Å². The third-order valence-corrected chi connectivity index (χ3v) is 2.83. The summed E-state index contributed by atoms with van der Waals surface area (Å²) in [7, 11) is 0. The Morgan fingerprint density at radius 3 is 2.67 bits per heavy atom. The second-order valence-corrected chi connectivity index (χ2v) is 4.42. The van der Waals surface area contributed by atoms with Gasteiger partial charge in [0.2, 0.25) is 0 Å². The minimum Gasteiger partial charge on any atom is -0.249 e. The Labute approximate surface area is 82.3 Å². The van der Waals surface area contributed by atoms with Gasteiger partial charge in [-0.2, -0.15) is 0 Å². The molecule has 0 atom stereocenters. The average molecular weight is 228 g/mol. The summed E-state index contributed by atoms with van der Waals surface area (Å²) in [6.07, 6.45) is 2.99. The van der Waals surface area contributed by atoms with Gasteiger partial charge in [-0.3, -0.25) is 0 Å². The number of nitrogens with zero attached hydrogens (tertiary/aromatic N) is 1. The highest BCUT2D eigenvalue weighted by Gasteiger charge is 2.17. The predicted molar refractivity (Wildman–Crippen MR) is 55.3 cm³/mol. The molecule has 0 aromatic carbocycles. The van der Waals surface area contributed by atoms with E-state index in [-0.39, 0.29) is 5.41 Å². The molecule has 0 amide bonds. The summed E-state index contributed by atoms with van der Waals surface area (Å²) in [5, 5.41) is 0. The van der Waals surface area contributed by atoms with Crippen LogP contribution in [0.25, 0.3) is 0 Å². The van der Waals surface area contributed by atoms with Gasteiger partial charge in [-0.1, -0.05) is 20.8 Å². The molecule has 0 aliphatic heterocycles. The van der Waals surface area contributed by atoms with Crippen LogP contribution in [-0.2, 0) is 5.41 Å². The Bertz CT molecular complexity index is 268. The lowest BCUT2D eigenvalue weighted by Crippen LogP contribution is -2.15. The zero-order valence-electron chi connectivity index (χ0n) is 7.76. The van der Waals surface area contributed by atoms with Gasteiger partial charge in [0.25, 0.3) is 0 Å². The van der Waals surface area contributed by atoms with E-state index in [4.69, 9.17) is 0 Å². The van der Waals surface area contributed by atoms with Crippen LogP contribution in [0.5, 0.6) is 0 Å². The van der Waals surface area contributed by atoms with Crippen LogP contribution in [0.3, 0.4) is 0 Å². The minimum atomic E-state index is 0.255. The number of rotatable bonds is 2. The van der Waals surface area contributed by atoms with E-state index in [2.05, 4.69) is 53.8 Å². The van der Waals surface area contributed by atoms with Crippen LogP contribution in [0.2, 0.25) is 0 Å². The first kappa shape index (κ1) is 9.72. The maximum atomic E-state index is 4.10. The van der Waals surface area contributed by atoms with Crippen LogP contribution in [0.15, 0.2) is 22.9 Å². The van der Waals surface area contributed by atoms with Gasteiger partial charge in [-0.15, -0.1) is 0 Å². The van der Waals surface area contributed by atoms with Gasteiger partial charge in [0.05, 0.1) is 0 Å². The van der Waals surface area contributed by atoms with Crippen molar-refractivity contribution in [2.45, 2.75) is 32.6 Å². The van der Waals surface area contributed by atoms with Gasteiger partial charge in [0, 0.05) is 6.20 Å². The lowest BCUT2D eigenvalue weighted by atomic mass is 9.83. The minimum absolute atomic E-state index is 0.255. The van der Waals surface area contributed by atoms with Crippen molar-refractivity contribution < 1.29 is 0 Å². The fraction of sp³-hybridized carbons (Fsp3) is 0.500. The van der Waals surface area contributed by atoms with Crippen LogP contribution in [-0.4, -0.2) is 4.98 Å². The molecule has 66 valence electrons. The van der Waals surface area contributed by atoms with Gasteiger partial charge in [-0.05, 0) is 45.5 Å². The van der Waals surface area contributed by atoms with Crippen molar-refractivity contribution in [3.63, 3.8) is 0 Å². The molecule has 0 radical (unpaired) electrons. The van der Waals surface area contributed by atoms with Crippen molar-refractivity contribution >= 4 is 15.9 Å². The van der Waals surface area contributed by atoms with E-state index < -0.39 is 0 Å². The van der Waals surface area contributed by atoms with Gasteiger partial charge < -0.3 is 0 Å². The average Bonchev–Trinajstić information content (AvgIpc) is 2.05. The fourth-order valence-corrected chi connectivity index (χ4v) is 1.39. The van der Waals surface area contributed by atoms with Gasteiger partial charge in [0.15, 0.2) is 0 Å². The normalized spacial score (nSPS) is 11.7. The zero-order valence-corrected chi connectivity index (χ0v) is 9.35. The molecule has 0 saturated carbocycles. The van der Waals surface area contributed by atoms with Crippen LogP contribution in [0.1, 0.15) is 32.8 Å². The smallest absolute Gasteiger partial charge is 0.106 e. The zero-order chi connectivity index (χ0) is 9.19. The molecule has 0 spiro atoms. The van der Waals surface area contributed by atoms with Crippen LogP contribution >= 0.6 is 15.9 Å². The molecule has 1 aromatic rings. The molecule has 0 bridgehead atoms. The highest BCUT2D eigenvalue weighted by molar-refractivity contribution is 9.10. The summed E-state index contributed by atoms with van der Waals surface area (Å²) in [5.41, 5.74) is 1.60. The monoisotopic (exact) mass is 227 g/mol. The first-order valence-electron chi connectivity index (χ1n) is 4.18. The van der Waals surface area contributed by atoms with E-state index in [1.54, 1.807) is 0 Å². The highest BCUT2D eigenvalue weighted by atomic mass is 79.9. The van der Waals surface area contributed by atoms with E-state index in [9.17, 15) is 0 Å². The molecule has 1 nitrogen and oxygen atoms in total. The standard InChI is InChI=1S/C10H14BrN/c1-4-10(2,3)8-5-6-12-9(11)7-8/h5-7H,4H2,1-3H3. The summed E-state index contributed by atoms with van der Waals surface area (Å²) >= 11 is 3.37. The quantitative estimate of drug-likeness (QED) is 0.705. The third-order valence-electron chi connectivity index (χ3n) is 2.39. The fourth-order valence-electron chi connectivity index (χ4n) is 1.03. The molecule has 0 saturated heterocycles. The molecule has 0 aliphatic rings. The summed E-state index contributed by atoms with van der Waals surface area (Å²) < 4.78 is 0.918. The molecule has 0 fully saturated rings. The molecule has 2 heteroatoms. The van der Waals surface area contributed by atoms with Crippen molar-refractivity contribution in [1.82, 2.24) is 4.98 Å². The Kier molecular flexibility index (Phi) is 2.89. The Balaban J connectivity index is 3.03. The summed E-state index contributed by atoms with van der Waals surface area (Å²) in [6, 6.07) is 4.16. The lowest BCUT2D eigenvalue weighted by Gasteiger charge is -2.22. The summed E-state index contributed by atoms with van der Waals surface area (Å²) in [6.45, 7) is 6.69. The third kappa shape index (κ3) is 2.07. The Hall–Kier alpha value is -0.370. The molecule has 0 N–H and O–H groups in total. The van der Waals surface area contributed by atoms with Gasteiger partial charge >= 0.3 is 0 Å². The maximum absolute atomic E-state index is 4.10. The molecule has 0 aliphatic carbocycles. The Morgan fingerprint density at radius 1 is 1.50 bits per heavy atom. The van der Waals surface area contributed by atoms with E-state index in [1.165, 1.54) is 5.56 Å². The van der Waals surface area contributed by atoms with E-state index in [1.807, 2.05) is 6.20 Å². The first-order chi connectivity index (χ1) is 5.56. The molecule has 0 unspecified atom stereocenters. The second kappa shape index (κ2) is 3.56. The largest absolute Gasteiger partial charge is 0.249 e.